The van der Waals surface area contributed by atoms with Crippen LogP contribution in [0.1, 0.15) is 16.7 Å². The number of H-pyrrole nitrogens is 1. The summed E-state index contributed by atoms with van der Waals surface area (Å²) in [5, 5.41) is 1.04. The van der Waals surface area contributed by atoms with Crippen molar-refractivity contribution in [3.63, 3.8) is 0 Å². The van der Waals surface area contributed by atoms with Crippen LogP contribution < -0.4 is 0 Å². The van der Waals surface area contributed by atoms with E-state index in [2.05, 4.69) is 42.9 Å². The summed E-state index contributed by atoms with van der Waals surface area (Å²) in [4.78, 5) is 12.7. The molecule has 0 aliphatic carbocycles. The molecule has 0 saturated carbocycles. The van der Waals surface area contributed by atoms with Crippen LogP contribution in [0.5, 0.6) is 0 Å². The first-order valence-electron chi connectivity index (χ1n) is 8.98. The van der Waals surface area contributed by atoms with Gasteiger partial charge in [-0.3, -0.25) is 4.98 Å². The molecule has 0 spiro atoms. The largest absolute Gasteiger partial charge is 0.337 e. The van der Waals surface area contributed by atoms with Gasteiger partial charge in [-0.15, -0.1) is 0 Å². The number of pyridine rings is 1. The number of aromatic amines is 1. The number of nitrogens with one attached hydrogen (secondary N) is 1. The highest BCUT2D eigenvalue weighted by Crippen LogP contribution is 2.37. The molecule has 2 heterocycles. The maximum atomic E-state index is 6.28. The molecule has 0 aliphatic rings. The van der Waals surface area contributed by atoms with Crippen molar-refractivity contribution < 1.29 is 0 Å². The Hall–Kier alpha value is -2.62. The minimum Gasteiger partial charge on any atom is -0.337 e. The standard InChI is InChI=1S/C23H19Cl2N3/c1-13-9-14(2)20(15(3)10-13)23-27-21(16-6-7-18(24)19(25)11-16)22(28-23)17-5-4-8-26-12-17/h4-12H,1-3H3,(H,27,28). The number of hydrogen-bond acceptors (Lipinski definition) is 2. The Morgan fingerprint density at radius 2 is 1.61 bits per heavy atom. The van der Waals surface area contributed by atoms with E-state index in [-0.39, 0.29) is 0 Å². The highest BCUT2D eigenvalue weighted by Gasteiger charge is 2.18. The van der Waals surface area contributed by atoms with Crippen molar-refractivity contribution in [1.29, 1.82) is 0 Å². The van der Waals surface area contributed by atoms with Gasteiger partial charge in [-0.1, -0.05) is 47.0 Å². The van der Waals surface area contributed by atoms with Gasteiger partial charge in [0.15, 0.2) is 0 Å². The van der Waals surface area contributed by atoms with Crippen molar-refractivity contribution in [1.82, 2.24) is 15.0 Å². The summed E-state index contributed by atoms with van der Waals surface area (Å²) < 4.78 is 0. The molecule has 0 unspecified atom stereocenters. The van der Waals surface area contributed by atoms with E-state index in [4.69, 9.17) is 28.2 Å². The first-order chi connectivity index (χ1) is 13.4. The SMILES string of the molecule is Cc1cc(C)c(-c2nc(-c3cccnc3)c(-c3ccc(Cl)c(Cl)c3)[nH]2)c(C)c1. The minimum absolute atomic E-state index is 0.509. The summed E-state index contributed by atoms with van der Waals surface area (Å²) in [7, 11) is 0. The van der Waals surface area contributed by atoms with Gasteiger partial charge in [0.25, 0.3) is 0 Å². The number of imidazole rings is 1. The molecule has 4 rings (SSSR count). The first kappa shape index (κ1) is 18.7. The van der Waals surface area contributed by atoms with Crippen LogP contribution in [0.25, 0.3) is 33.9 Å². The van der Waals surface area contributed by atoms with Gasteiger partial charge >= 0.3 is 0 Å². The lowest BCUT2D eigenvalue weighted by atomic mass is 9.99. The lowest BCUT2D eigenvalue weighted by Gasteiger charge is -2.08. The molecule has 3 nitrogen and oxygen atoms in total. The van der Waals surface area contributed by atoms with Gasteiger partial charge in [-0.2, -0.15) is 0 Å². The molecule has 0 bridgehead atoms. The van der Waals surface area contributed by atoms with Crippen molar-refractivity contribution in [2.45, 2.75) is 20.8 Å². The van der Waals surface area contributed by atoms with E-state index in [1.807, 2.05) is 30.5 Å². The van der Waals surface area contributed by atoms with Gasteiger partial charge in [0.1, 0.15) is 5.82 Å². The van der Waals surface area contributed by atoms with E-state index in [0.717, 1.165) is 33.9 Å². The molecule has 0 radical (unpaired) electrons. The second-order valence-electron chi connectivity index (χ2n) is 6.95. The Bertz CT molecular complexity index is 1140. The summed E-state index contributed by atoms with van der Waals surface area (Å²) in [5.41, 5.74) is 8.31. The Kier molecular flexibility index (Phi) is 4.96. The topological polar surface area (TPSA) is 41.6 Å². The zero-order valence-corrected chi connectivity index (χ0v) is 17.4. The molecule has 0 fully saturated rings. The molecule has 0 saturated heterocycles. The predicted octanol–water partition coefficient (Wildman–Crippen LogP) is 7.04. The maximum absolute atomic E-state index is 6.28. The molecule has 2 aromatic heterocycles. The molecule has 0 amide bonds. The fourth-order valence-electron chi connectivity index (χ4n) is 3.62. The van der Waals surface area contributed by atoms with Crippen LogP contribution in [0.2, 0.25) is 10.0 Å². The average Bonchev–Trinajstić information content (AvgIpc) is 3.09. The van der Waals surface area contributed by atoms with Crippen molar-refractivity contribution in [3.8, 4) is 33.9 Å². The lowest BCUT2D eigenvalue weighted by molar-refractivity contribution is 1.24. The van der Waals surface area contributed by atoms with Crippen LogP contribution in [0.15, 0.2) is 54.9 Å². The minimum atomic E-state index is 0.509. The van der Waals surface area contributed by atoms with Gasteiger partial charge in [-0.05, 0) is 56.2 Å². The molecule has 5 heteroatoms. The van der Waals surface area contributed by atoms with E-state index in [1.54, 1.807) is 12.3 Å². The van der Waals surface area contributed by atoms with Gasteiger partial charge in [-0.25, -0.2) is 4.98 Å². The van der Waals surface area contributed by atoms with Gasteiger partial charge in [0, 0.05) is 29.1 Å². The summed E-state index contributed by atoms with van der Waals surface area (Å²) in [6.07, 6.45) is 3.57. The smallest absolute Gasteiger partial charge is 0.139 e. The number of nitrogens with zero attached hydrogens (tertiary/aromatic N) is 2. The van der Waals surface area contributed by atoms with Crippen LogP contribution in [-0.2, 0) is 0 Å². The Morgan fingerprint density at radius 3 is 2.25 bits per heavy atom. The Balaban J connectivity index is 1.96. The number of benzene rings is 2. The molecular formula is C23H19Cl2N3. The van der Waals surface area contributed by atoms with Crippen LogP contribution >= 0.6 is 23.2 Å². The number of hydrogen-bond donors (Lipinski definition) is 1. The first-order valence-corrected chi connectivity index (χ1v) is 9.73. The zero-order valence-electron chi connectivity index (χ0n) is 15.8. The fraction of sp³-hybridized carbons (Fsp3) is 0.130. The molecule has 140 valence electrons. The van der Waals surface area contributed by atoms with E-state index in [9.17, 15) is 0 Å². The monoisotopic (exact) mass is 407 g/mol. The van der Waals surface area contributed by atoms with Crippen LogP contribution in [0, 0.1) is 20.8 Å². The third-order valence-electron chi connectivity index (χ3n) is 4.76. The molecule has 0 atom stereocenters. The van der Waals surface area contributed by atoms with Crippen molar-refractivity contribution in [2.75, 3.05) is 0 Å². The highest BCUT2D eigenvalue weighted by molar-refractivity contribution is 6.42. The normalized spacial score (nSPS) is 11.0. The molecule has 4 aromatic rings. The quantitative estimate of drug-likeness (QED) is 0.395. The summed E-state index contributed by atoms with van der Waals surface area (Å²) >= 11 is 12.4. The van der Waals surface area contributed by atoms with Gasteiger partial charge in [0.05, 0.1) is 21.4 Å². The molecule has 0 aliphatic heterocycles. The van der Waals surface area contributed by atoms with E-state index >= 15 is 0 Å². The molecule has 28 heavy (non-hydrogen) atoms. The molecule has 2 aromatic carbocycles. The van der Waals surface area contributed by atoms with E-state index in [0.29, 0.717) is 10.0 Å². The third kappa shape index (κ3) is 3.44. The number of halogens is 2. The van der Waals surface area contributed by atoms with Crippen LogP contribution in [0.4, 0.5) is 0 Å². The summed E-state index contributed by atoms with van der Waals surface area (Å²) in [6, 6.07) is 13.9. The van der Waals surface area contributed by atoms with Crippen LogP contribution in [0.3, 0.4) is 0 Å². The van der Waals surface area contributed by atoms with Gasteiger partial charge < -0.3 is 4.98 Å². The predicted molar refractivity (Wildman–Crippen MR) is 117 cm³/mol. The van der Waals surface area contributed by atoms with Gasteiger partial charge in [0.2, 0.25) is 0 Å². The molecular weight excluding hydrogens is 389 g/mol. The van der Waals surface area contributed by atoms with Crippen molar-refractivity contribution in [2.24, 2.45) is 0 Å². The number of rotatable bonds is 3. The average molecular weight is 408 g/mol. The zero-order chi connectivity index (χ0) is 19.8. The summed E-state index contributed by atoms with van der Waals surface area (Å²) in [5.74, 6) is 0.829. The second-order valence-corrected chi connectivity index (χ2v) is 7.77. The maximum Gasteiger partial charge on any atom is 0.139 e. The van der Waals surface area contributed by atoms with E-state index < -0.39 is 0 Å². The van der Waals surface area contributed by atoms with Crippen LogP contribution in [-0.4, -0.2) is 15.0 Å². The summed E-state index contributed by atoms with van der Waals surface area (Å²) in [6.45, 7) is 6.33. The fourth-order valence-corrected chi connectivity index (χ4v) is 3.92. The Morgan fingerprint density at radius 1 is 0.857 bits per heavy atom. The van der Waals surface area contributed by atoms with Crippen molar-refractivity contribution >= 4 is 23.2 Å². The second kappa shape index (κ2) is 7.42. The number of aromatic nitrogens is 3. The highest BCUT2D eigenvalue weighted by atomic mass is 35.5. The Labute approximate surface area is 174 Å². The lowest BCUT2D eigenvalue weighted by Crippen LogP contribution is -1.92. The molecule has 1 N–H and O–H groups in total. The third-order valence-corrected chi connectivity index (χ3v) is 5.50. The van der Waals surface area contributed by atoms with Crippen molar-refractivity contribution in [3.05, 3.63) is 81.6 Å². The van der Waals surface area contributed by atoms with E-state index in [1.165, 1.54) is 16.7 Å². The number of aryl methyl sites for hydroxylation is 3.